The number of ether oxygens (including phenoxy) is 1. The zero-order valence-corrected chi connectivity index (χ0v) is 23.2. The van der Waals surface area contributed by atoms with Gasteiger partial charge in [0.1, 0.15) is 24.4 Å². The van der Waals surface area contributed by atoms with E-state index in [0.717, 1.165) is 17.5 Å². The van der Waals surface area contributed by atoms with Gasteiger partial charge in [-0.2, -0.15) is 0 Å². The number of para-hydroxylation sites is 1. The molecule has 0 saturated heterocycles. The van der Waals surface area contributed by atoms with Gasteiger partial charge in [-0.3, -0.25) is 19.2 Å². The fraction of sp³-hybridized carbons (Fsp3) is 0.312. The van der Waals surface area contributed by atoms with E-state index >= 15 is 0 Å². The third-order valence-corrected chi connectivity index (χ3v) is 6.90. The predicted molar refractivity (Wildman–Crippen MR) is 155 cm³/mol. The van der Waals surface area contributed by atoms with E-state index in [2.05, 4.69) is 16.0 Å². The largest absolute Gasteiger partial charge is 0.491 e. The number of aryl methyl sites for hydroxylation is 1. The molecule has 0 bridgehead atoms. The first-order chi connectivity index (χ1) is 19.9. The zero-order valence-electron chi connectivity index (χ0n) is 23.2. The van der Waals surface area contributed by atoms with Gasteiger partial charge in [-0.1, -0.05) is 72.8 Å². The average Bonchev–Trinajstić information content (AvgIpc) is 2.99. The Morgan fingerprint density at radius 2 is 1.56 bits per heavy atom. The maximum Gasteiger partial charge on any atom is 0.255 e. The molecule has 2 atom stereocenters. The van der Waals surface area contributed by atoms with Crippen molar-refractivity contribution in [1.82, 2.24) is 20.9 Å². The number of carbonyl (C=O) groups is 4. The van der Waals surface area contributed by atoms with Crippen LogP contribution in [-0.4, -0.2) is 67.4 Å². The van der Waals surface area contributed by atoms with E-state index in [1.165, 1.54) is 4.90 Å². The maximum atomic E-state index is 13.4. The predicted octanol–water partition coefficient (Wildman–Crippen LogP) is 2.50. The lowest BCUT2D eigenvalue weighted by Crippen LogP contribution is -2.53. The summed E-state index contributed by atoms with van der Waals surface area (Å²) in [7, 11) is 1.64. The Hall–Kier alpha value is -4.66. The van der Waals surface area contributed by atoms with Crippen LogP contribution in [0, 0.1) is 0 Å². The van der Waals surface area contributed by atoms with Crippen molar-refractivity contribution >= 4 is 23.6 Å². The lowest BCUT2D eigenvalue weighted by Gasteiger charge is -2.26. The molecular weight excluding hydrogens is 520 g/mol. The Morgan fingerprint density at radius 3 is 2.29 bits per heavy atom. The van der Waals surface area contributed by atoms with E-state index in [1.54, 1.807) is 31.3 Å². The van der Waals surface area contributed by atoms with Crippen molar-refractivity contribution in [2.24, 2.45) is 0 Å². The van der Waals surface area contributed by atoms with Crippen LogP contribution in [0.25, 0.3) is 0 Å². The molecule has 3 aromatic carbocycles. The topological polar surface area (TPSA) is 117 Å². The molecule has 1 aliphatic heterocycles. The van der Waals surface area contributed by atoms with Crippen molar-refractivity contribution in [2.45, 2.75) is 37.8 Å². The van der Waals surface area contributed by atoms with Crippen LogP contribution < -0.4 is 20.7 Å². The molecule has 41 heavy (non-hydrogen) atoms. The Bertz CT molecular complexity index is 1330. The molecule has 214 valence electrons. The van der Waals surface area contributed by atoms with Gasteiger partial charge < -0.3 is 25.6 Å². The molecule has 9 heteroatoms. The zero-order chi connectivity index (χ0) is 29.0. The first-order valence-corrected chi connectivity index (χ1v) is 13.8. The molecule has 0 aliphatic carbocycles. The quantitative estimate of drug-likeness (QED) is 0.387. The molecule has 3 N–H and O–H groups in total. The standard InChI is InChI=1S/C32H36N4O5/c1-36-19-20-41-28-17-9-8-16-25(28)30(38)35-26(31(39)33-18-10-15-23-11-4-2-5-12-23)22-29(37)34-27(32(36)40)21-24-13-6-3-7-14-24/h2-9,11-14,16-17,26-27H,10,15,18-22H2,1H3,(H,33,39)(H,34,37)(H,35,38)/t26-,27-/m0/s1. The fourth-order valence-electron chi connectivity index (χ4n) is 4.65. The van der Waals surface area contributed by atoms with E-state index in [4.69, 9.17) is 4.74 Å². The molecule has 0 aromatic heterocycles. The van der Waals surface area contributed by atoms with Gasteiger partial charge in [-0.05, 0) is 36.1 Å². The van der Waals surface area contributed by atoms with E-state index in [9.17, 15) is 19.2 Å². The number of rotatable bonds is 7. The normalized spacial score (nSPS) is 18.3. The van der Waals surface area contributed by atoms with Crippen LogP contribution in [0.2, 0.25) is 0 Å². The number of amides is 4. The van der Waals surface area contributed by atoms with Crippen molar-refractivity contribution in [3.63, 3.8) is 0 Å². The Kier molecular flexibility index (Phi) is 10.5. The van der Waals surface area contributed by atoms with Crippen molar-refractivity contribution in [3.05, 3.63) is 102 Å². The van der Waals surface area contributed by atoms with Gasteiger partial charge >= 0.3 is 0 Å². The molecule has 0 saturated carbocycles. The maximum absolute atomic E-state index is 13.4. The summed E-state index contributed by atoms with van der Waals surface area (Å²) in [6.07, 6.45) is 1.42. The van der Waals surface area contributed by atoms with Crippen molar-refractivity contribution in [1.29, 1.82) is 0 Å². The number of hydrogen-bond acceptors (Lipinski definition) is 5. The summed E-state index contributed by atoms with van der Waals surface area (Å²) in [4.78, 5) is 54.6. The monoisotopic (exact) mass is 556 g/mol. The minimum atomic E-state index is -1.15. The van der Waals surface area contributed by atoms with Gasteiger partial charge in [0.25, 0.3) is 5.91 Å². The first kappa shape index (κ1) is 29.3. The summed E-state index contributed by atoms with van der Waals surface area (Å²) >= 11 is 0. The molecule has 3 aromatic rings. The number of nitrogens with one attached hydrogen (secondary N) is 3. The van der Waals surface area contributed by atoms with Crippen LogP contribution >= 0.6 is 0 Å². The van der Waals surface area contributed by atoms with Crippen LogP contribution in [0.15, 0.2) is 84.9 Å². The van der Waals surface area contributed by atoms with Gasteiger partial charge in [-0.25, -0.2) is 0 Å². The highest BCUT2D eigenvalue weighted by Gasteiger charge is 2.30. The summed E-state index contributed by atoms with van der Waals surface area (Å²) in [6, 6.07) is 24.0. The number of carbonyl (C=O) groups excluding carboxylic acids is 4. The van der Waals surface area contributed by atoms with Crippen LogP contribution in [0.1, 0.15) is 34.3 Å². The molecule has 0 fully saturated rings. The highest BCUT2D eigenvalue weighted by molar-refractivity contribution is 6.01. The molecule has 4 rings (SSSR count). The number of benzene rings is 3. The fourth-order valence-corrected chi connectivity index (χ4v) is 4.65. The van der Waals surface area contributed by atoms with Gasteiger partial charge in [0, 0.05) is 20.0 Å². The smallest absolute Gasteiger partial charge is 0.255 e. The molecule has 9 nitrogen and oxygen atoms in total. The SMILES string of the molecule is CN1CCOc2ccccc2C(=O)N[C@H](C(=O)NCCCc2ccccc2)CC(=O)N[C@@H](Cc2ccccc2)C1=O. The number of likely N-dealkylation sites (N-methyl/N-ethyl adjacent to an activating group) is 1. The van der Waals surface area contributed by atoms with Crippen LogP contribution in [0.4, 0.5) is 0 Å². The van der Waals surface area contributed by atoms with Crippen LogP contribution in [0.3, 0.4) is 0 Å². The van der Waals surface area contributed by atoms with Gasteiger partial charge in [-0.15, -0.1) is 0 Å². The number of fused-ring (bicyclic) bond motifs is 1. The Labute approximate surface area is 240 Å². The molecule has 0 spiro atoms. The van der Waals surface area contributed by atoms with Crippen molar-refractivity contribution in [3.8, 4) is 5.75 Å². The second kappa shape index (κ2) is 14.6. The highest BCUT2D eigenvalue weighted by atomic mass is 16.5. The molecule has 0 unspecified atom stereocenters. The summed E-state index contributed by atoms with van der Waals surface area (Å²) in [5, 5.41) is 8.37. The average molecular weight is 557 g/mol. The molecule has 1 heterocycles. The number of nitrogens with zero attached hydrogens (tertiary/aromatic N) is 1. The van der Waals surface area contributed by atoms with Crippen molar-refractivity contribution < 1.29 is 23.9 Å². The van der Waals surface area contributed by atoms with Crippen LogP contribution in [0.5, 0.6) is 5.75 Å². The van der Waals surface area contributed by atoms with Crippen molar-refractivity contribution in [2.75, 3.05) is 26.7 Å². The van der Waals surface area contributed by atoms with Gasteiger partial charge in [0.2, 0.25) is 17.7 Å². The van der Waals surface area contributed by atoms with E-state index in [-0.39, 0.29) is 37.5 Å². The first-order valence-electron chi connectivity index (χ1n) is 13.8. The Balaban J connectivity index is 1.52. The summed E-state index contributed by atoms with van der Waals surface area (Å²) in [6.45, 7) is 0.773. The third-order valence-electron chi connectivity index (χ3n) is 6.90. The second-order valence-corrected chi connectivity index (χ2v) is 10.0. The number of hydrogen-bond donors (Lipinski definition) is 3. The van der Waals surface area contributed by atoms with E-state index < -0.39 is 29.8 Å². The minimum absolute atomic E-state index is 0.143. The summed E-state index contributed by atoms with van der Waals surface area (Å²) in [5.41, 5.74) is 2.28. The van der Waals surface area contributed by atoms with Gasteiger partial charge in [0.15, 0.2) is 0 Å². The van der Waals surface area contributed by atoms with Crippen LogP contribution in [-0.2, 0) is 27.2 Å². The summed E-state index contributed by atoms with van der Waals surface area (Å²) < 4.78 is 5.87. The Morgan fingerprint density at radius 1 is 0.902 bits per heavy atom. The second-order valence-electron chi connectivity index (χ2n) is 10.0. The lowest BCUT2D eigenvalue weighted by molar-refractivity contribution is -0.136. The minimum Gasteiger partial charge on any atom is -0.491 e. The van der Waals surface area contributed by atoms with E-state index in [0.29, 0.717) is 18.7 Å². The third kappa shape index (κ3) is 8.66. The molecule has 4 amide bonds. The van der Waals surface area contributed by atoms with E-state index in [1.807, 2.05) is 60.7 Å². The summed E-state index contributed by atoms with van der Waals surface area (Å²) in [5.74, 6) is -1.47. The molecular formula is C32H36N4O5. The highest BCUT2D eigenvalue weighted by Crippen LogP contribution is 2.19. The lowest BCUT2D eigenvalue weighted by atomic mass is 10.0. The molecule has 0 radical (unpaired) electrons. The van der Waals surface area contributed by atoms with Gasteiger partial charge in [0.05, 0.1) is 18.5 Å². The molecule has 1 aliphatic rings.